The average Bonchev–Trinajstić information content (AvgIpc) is 2.60. The quantitative estimate of drug-likeness (QED) is 0.443. The van der Waals surface area contributed by atoms with Gasteiger partial charge in [0.1, 0.15) is 17.4 Å². The summed E-state index contributed by atoms with van der Waals surface area (Å²) in [6, 6.07) is 4.70. The number of rotatable bonds is 4. The summed E-state index contributed by atoms with van der Waals surface area (Å²) in [6.45, 7) is 8.69. The Labute approximate surface area is 168 Å². The molecule has 1 unspecified atom stereocenters. The standard InChI is InChI=1S/C20H23N3O6/c1-6-28-19(25)15-10(2)29-18(22)13(9-21)16(15)12-7-11(20(3,4)5)8-14(17(12)24)23(26)27/h7-8,16,24H,6,22H2,1-5H3. The minimum Gasteiger partial charge on any atom is -0.502 e. The van der Waals surface area contributed by atoms with Crippen LogP contribution in [0.1, 0.15) is 51.7 Å². The van der Waals surface area contributed by atoms with Crippen LogP contribution in [0.2, 0.25) is 0 Å². The van der Waals surface area contributed by atoms with Crippen LogP contribution in [0, 0.1) is 21.4 Å². The number of hydrogen-bond acceptors (Lipinski definition) is 8. The number of nitro groups is 1. The Morgan fingerprint density at radius 3 is 2.55 bits per heavy atom. The van der Waals surface area contributed by atoms with E-state index in [0.717, 1.165) is 0 Å². The van der Waals surface area contributed by atoms with E-state index in [4.69, 9.17) is 15.2 Å². The molecule has 9 nitrogen and oxygen atoms in total. The fourth-order valence-electron chi connectivity index (χ4n) is 3.10. The van der Waals surface area contributed by atoms with Crippen LogP contribution in [-0.2, 0) is 19.7 Å². The largest absolute Gasteiger partial charge is 0.502 e. The van der Waals surface area contributed by atoms with Crippen molar-refractivity contribution in [1.29, 1.82) is 5.26 Å². The van der Waals surface area contributed by atoms with Gasteiger partial charge < -0.3 is 20.3 Å². The second-order valence-electron chi connectivity index (χ2n) is 7.56. The lowest BCUT2D eigenvalue weighted by Gasteiger charge is -2.28. The number of nitrogens with two attached hydrogens (primary N) is 1. The monoisotopic (exact) mass is 401 g/mol. The highest BCUT2D eigenvalue weighted by Gasteiger charge is 2.40. The van der Waals surface area contributed by atoms with E-state index >= 15 is 0 Å². The molecule has 0 spiro atoms. The van der Waals surface area contributed by atoms with Crippen LogP contribution in [-0.4, -0.2) is 22.6 Å². The minimum absolute atomic E-state index is 0.00864. The zero-order valence-electron chi connectivity index (χ0n) is 16.9. The maximum atomic E-state index is 12.6. The first kappa shape index (κ1) is 21.8. The van der Waals surface area contributed by atoms with Gasteiger partial charge in [-0.1, -0.05) is 26.8 Å². The average molecular weight is 401 g/mol. The van der Waals surface area contributed by atoms with Crippen molar-refractivity contribution < 1.29 is 24.3 Å². The number of nitriles is 1. The maximum absolute atomic E-state index is 12.6. The molecule has 1 aromatic rings. The molecule has 1 atom stereocenters. The molecule has 0 amide bonds. The summed E-state index contributed by atoms with van der Waals surface area (Å²) in [4.78, 5) is 23.5. The molecular formula is C20H23N3O6. The number of ether oxygens (including phenoxy) is 2. The third kappa shape index (κ3) is 4.01. The zero-order valence-corrected chi connectivity index (χ0v) is 16.9. The van der Waals surface area contributed by atoms with E-state index in [9.17, 15) is 25.3 Å². The van der Waals surface area contributed by atoms with Gasteiger partial charge >= 0.3 is 11.7 Å². The van der Waals surface area contributed by atoms with E-state index in [2.05, 4.69) is 0 Å². The Hall–Kier alpha value is -3.54. The smallest absolute Gasteiger partial charge is 0.338 e. The van der Waals surface area contributed by atoms with E-state index in [1.807, 2.05) is 26.8 Å². The van der Waals surface area contributed by atoms with Gasteiger partial charge in [-0.3, -0.25) is 10.1 Å². The lowest BCUT2D eigenvalue weighted by atomic mass is 9.78. The summed E-state index contributed by atoms with van der Waals surface area (Å²) < 4.78 is 10.4. The van der Waals surface area contributed by atoms with Crippen molar-refractivity contribution in [3.8, 4) is 11.8 Å². The molecule has 0 radical (unpaired) electrons. The van der Waals surface area contributed by atoms with Crippen molar-refractivity contribution in [3.05, 3.63) is 56.2 Å². The Morgan fingerprint density at radius 1 is 1.45 bits per heavy atom. The molecule has 0 fully saturated rings. The topological polar surface area (TPSA) is 149 Å². The van der Waals surface area contributed by atoms with E-state index in [1.54, 1.807) is 6.92 Å². The van der Waals surface area contributed by atoms with E-state index in [1.165, 1.54) is 19.1 Å². The predicted octanol–water partition coefficient (Wildman–Crippen LogP) is 3.24. The van der Waals surface area contributed by atoms with Crippen LogP contribution in [0.5, 0.6) is 5.75 Å². The van der Waals surface area contributed by atoms with Gasteiger partial charge in [0.05, 0.1) is 23.0 Å². The second kappa shape index (κ2) is 7.83. The van der Waals surface area contributed by atoms with Gasteiger partial charge in [0, 0.05) is 11.6 Å². The van der Waals surface area contributed by atoms with Crippen molar-refractivity contribution in [1.82, 2.24) is 0 Å². The summed E-state index contributed by atoms with van der Waals surface area (Å²) in [7, 11) is 0. The fraction of sp³-hybridized carbons (Fsp3) is 0.400. The molecule has 1 aromatic carbocycles. The van der Waals surface area contributed by atoms with Crippen LogP contribution in [0.3, 0.4) is 0 Å². The molecule has 29 heavy (non-hydrogen) atoms. The number of phenolic OH excluding ortho intramolecular Hbond substituents is 1. The molecule has 0 saturated heterocycles. The summed E-state index contributed by atoms with van der Waals surface area (Å²) in [6.07, 6.45) is 0. The first-order chi connectivity index (χ1) is 13.4. The number of carbonyl (C=O) groups excluding carboxylic acids is 1. The van der Waals surface area contributed by atoms with Crippen molar-refractivity contribution >= 4 is 11.7 Å². The highest BCUT2D eigenvalue weighted by Crippen LogP contribution is 2.47. The van der Waals surface area contributed by atoms with Gasteiger partial charge in [0.2, 0.25) is 5.88 Å². The number of nitrogens with zero attached hydrogens (tertiary/aromatic N) is 2. The predicted molar refractivity (Wildman–Crippen MR) is 103 cm³/mol. The summed E-state index contributed by atoms with van der Waals surface area (Å²) in [5.41, 5.74) is 5.16. The Kier molecular flexibility index (Phi) is 5.88. The van der Waals surface area contributed by atoms with Crippen molar-refractivity contribution in [2.24, 2.45) is 5.73 Å². The molecule has 1 heterocycles. The van der Waals surface area contributed by atoms with Crippen molar-refractivity contribution in [2.75, 3.05) is 6.61 Å². The first-order valence-electron chi connectivity index (χ1n) is 8.91. The normalized spacial score (nSPS) is 16.9. The van der Waals surface area contributed by atoms with Crippen LogP contribution < -0.4 is 5.73 Å². The summed E-state index contributed by atoms with van der Waals surface area (Å²) >= 11 is 0. The maximum Gasteiger partial charge on any atom is 0.338 e. The number of phenols is 1. The third-order valence-electron chi connectivity index (χ3n) is 4.59. The lowest BCUT2D eigenvalue weighted by Crippen LogP contribution is -2.26. The van der Waals surface area contributed by atoms with Crippen LogP contribution in [0.15, 0.2) is 34.9 Å². The van der Waals surface area contributed by atoms with Crippen molar-refractivity contribution in [2.45, 2.75) is 46.0 Å². The van der Waals surface area contributed by atoms with Crippen LogP contribution >= 0.6 is 0 Å². The van der Waals surface area contributed by atoms with Gasteiger partial charge in [0.25, 0.3) is 0 Å². The zero-order chi connectivity index (χ0) is 22.1. The number of hydrogen-bond donors (Lipinski definition) is 2. The number of carbonyl (C=O) groups is 1. The molecule has 1 aliphatic heterocycles. The second-order valence-corrected chi connectivity index (χ2v) is 7.56. The Bertz CT molecular complexity index is 979. The van der Waals surface area contributed by atoms with E-state index in [0.29, 0.717) is 5.56 Å². The highest BCUT2D eigenvalue weighted by molar-refractivity contribution is 5.93. The van der Waals surface area contributed by atoms with E-state index < -0.39 is 33.7 Å². The summed E-state index contributed by atoms with van der Waals surface area (Å²) in [5, 5.41) is 31.9. The molecule has 154 valence electrons. The highest BCUT2D eigenvalue weighted by atomic mass is 16.6. The SMILES string of the molecule is CCOC(=O)C1=C(C)OC(N)=C(C#N)C1c1cc(C(C)(C)C)cc([N+](=O)[O-])c1O. The molecule has 0 bridgehead atoms. The number of allylic oxidation sites excluding steroid dienone is 2. The molecule has 0 aliphatic carbocycles. The van der Waals surface area contributed by atoms with Crippen LogP contribution in [0.4, 0.5) is 5.69 Å². The molecule has 9 heteroatoms. The summed E-state index contributed by atoms with van der Waals surface area (Å²) in [5.74, 6) is -2.74. The van der Waals surface area contributed by atoms with Crippen LogP contribution in [0.25, 0.3) is 0 Å². The molecule has 2 rings (SSSR count). The molecule has 0 saturated carbocycles. The minimum atomic E-state index is -1.17. The first-order valence-corrected chi connectivity index (χ1v) is 8.91. The number of benzene rings is 1. The van der Waals surface area contributed by atoms with E-state index in [-0.39, 0.29) is 35.0 Å². The fourth-order valence-corrected chi connectivity index (χ4v) is 3.10. The third-order valence-corrected chi connectivity index (χ3v) is 4.59. The molecule has 3 N–H and O–H groups in total. The van der Waals surface area contributed by atoms with Gasteiger partial charge in [0.15, 0.2) is 5.75 Å². The van der Waals surface area contributed by atoms with Crippen molar-refractivity contribution in [3.63, 3.8) is 0 Å². The van der Waals surface area contributed by atoms with Gasteiger partial charge in [-0.2, -0.15) is 5.26 Å². The number of aromatic hydroxyl groups is 1. The molecule has 0 aromatic heterocycles. The Morgan fingerprint density at radius 2 is 2.07 bits per heavy atom. The molecule has 1 aliphatic rings. The number of nitro benzene ring substituents is 1. The Balaban J connectivity index is 2.90. The van der Waals surface area contributed by atoms with Gasteiger partial charge in [-0.15, -0.1) is 0 Å². The number of esters is 1. The van der Waals surface area contributed by atoms with Gasteiger partial charge in [-0.25, -0.2) is 4.79 Å². The van der Waals surface area contributed by atoms with Gasteiger partial charge in [-0.05, 0) is 24.8 Å². The lowest BCUT2D eigenvalue weighted by molar-refractivity contribution is -0.386. The molecular weight excluding hydrogens is 378 g/mol.